The molecular weight excluding hydrogens is 342 g/mol. The second-order valence-corrected chi connectivity index (χ2v) is 7.35. The summed E-state index contributed by atoms with van der Waals surface area (Å²) in [6.07, 6.45) is 0.882. The number of piperazine rings is 1. The first-order valence-corrected chi connectivity index (χ1v) is 9.43. The van der Waals surface area contributed by atoms with Crippen molar-refractivity contribution < 1.29 is 9.59 Å². The highest BCUT2D eigenvalue weighted by molar-refractivity contribution is 5.95. The van der Waals surface area contributed by atoms with E-state index in [0.29, 0.717) is 25.3 Å². The third kappa shape index (κ3) is 3.47. The summed E-state index contributed by atoms with van der Waals surface area (Å²) in [6, 6.07) is 9.79. The Kier molecular flexibility index (Phi) is 4.70. The summed E-state index contributed by atoms with van der Waals surface area (Å²) < 4.78 is 1.65. The summed E-state index contributed by atoms with van der Waals surface area (Å²) in [5.41, 5.74) is 3.44. The van der Waals surface area contributed by atoms with Gasteiger partial charge in [0, 0.05) is 44.1 Å². The normalized spacial score (nSPS) is 17.3. The zero-order chi connectivity index (χ0) is 19.0. The van der Waals surface area contributed by atoms with E-state index in [4.69, 9.17) is 0 Å². The predicted octanol–water partition coefficient (Wildman–Crippen LogP) is 1.17. The summed E-state index contributed by atoms with van der Waals surface area (Å²) in [7, 11) is 2.06. The number of nitrogens with zero attached hydrogens (tertiary/aromatic N) is 5. The molecule has 1 fully saturated rings. The number of hydrogen-bond donors (Lipinski definition) is 0. The van der Waals surface area contributed by atoms with Gasteiger partial charge in [-0.2, -0.15) is 5.10 Å². The lowest BCUT2D eigenvalue weighted by Gasteiger charge is -2.31. The summed E-state index contributed by atoms with van der Waals surface area (Å²) in [5, 5.41) is 4.44. The molecule has 7 heteroatoms. The molecule has 2 aliphatic heterocycles. The minimum absolute atomic E-state index is 0.00439. The molecule has 1 saturated heterocycles. The topological polar surface area (TPSA) is 61.7 Å². The fraction of sp³-hybridized carbons (Fsp3) is 0.450. The maximum Gasteiger partial charge on any atom is 0.274 e. The van der Waals surface area contributed by atoms with Gasteiger partial charge in [-0.25, -0.2) is 0 Å². The van der Waals surface area contributed by atoms with Crippen molar-refractivity contribution in [1.82, 2.24) is 19.6 Å². The molecule has 1 aromatic heterocycles. The first-order valence-electron chi connectivity index (χ1n) is 9.43. The maximum absolute atomic E-state index is 12.8. The molecule has 0 atom stereocenters. The molecule has 27 heavy (non-hydrogen) atoms. The number of aryl methyl sites for hydroxylation is 1. The van der Waals surface area contributed by atoms with E-state index in [2.05, 4.69) is 23.1 Å². The van der Waals surface area contributed by atoms with Crippen LogP contribution in [0.4, 0.5) is 5.69 Å². The molecule has 0 radical (unpaired) electrons. The first-order chi connectivity index (χ1) is 13.0. The third-order valence-corrected chi connectivity index (χ3v) is 5.46. The first kappa shape index (κ1) is 17.7. The van der Waals surface area contributed by atoms with Crippen molar-refractivity contribution in [3.8, 4) is 0 Å². The largest absolute Gasteiger partial charge is 0.335 e. The summed E-state index contributed by atoms with van der Waals surface area (Å²) in [6.45, 7) is 5.91. The van der Waals surface area contributed by atoms with Crippen molar-refractivity contribution in [1.29, 1.82) is 0 Å². The van der Waals surface area contributed by atoms with Crippen LogP contribution in [0.15, 0.2) is 30.3 Å². The van der Waals surface area contributed by atoms with Crippen molar-refractivity contribution in [2.75, 3.05) is 44.7 Å². The van der Waals surface area contributed by atoms with Crippen LogP contribution in [0.2, 0.25) is 0 Å². The highest BCUT2D eigenvalue weighted by atomic mass is 16.2. The minimum Gasteiger partial charge on any atom is -0.335 e. The van der Waals surface area contributed by atoms with Gasteiger partial charge in [-0.3, -0.25) is 14.3 Å². The Morgan fingerprint density at radius 2 is 1.81 bits per heavy atom. The molecule has 2 aromatic rings. The van der Waals surface area contributed by atoms with E-state index in [1.807, 2.05) is 34.9 Å². The number of benzene rings is 1. The quantitative estimate of drug-likeness (QED) is 0.817. The minimum atomic E-state index is -0.0519. The van der Waals surface area contributed by atoms with Crippen LogP contribution >= 0.6 is 0 Å². The Balaban J connectivity index is 1.46. The highest BCUT2D eigenvalue weighted by Crippen LogP contribution is 2.27. The van der Waals surface area contributed by atoms with Crippen molar-refractivity contribution in [2.24, 2.45) is 0 Å². The van der Waals surface area contributed by atoms with Crippen molar-refractivity contribution in [3.63, 3.8) is 0 Å². The van der Waals surface area contributed by atoms with Crippen molar-refractivity contribution in [2.45, 2.75) is 19.9 Å². The van der Waals surface area contributed by atoms with Gasteiger partial charge in [0.1, 0.15) is 6.54 Å². The predicted molar refractivity (Wildman–Crippen MR) is 103 cm³/mol. The van der Waals surface area contributed by atoms with Crippen LogP contribution in [-0.2, 0) is 17.8 Å². The molecule has 0 aliphatic carbocycles. The van der Waals surface area contributed by atoms with Gasteiger partial charge in [0.2, 0.25) is 5.91 Å². The molecule has 4 rings (SSSR count). The van der Waals surface area contributed by atoms with Crippen LogP contribution in [0.1, 0.15) is 21.7 Å². The number of para-hydroxylation sites is 1. The second kappa shape index (κ2) is 7.15. The number of carbonyl (C=O) groups is 2. The Bertz CT molecular complexity index is 867. The second-order valence-electron chi connectivity index (χ2n) is 7.35. The molecule has 1 aromatic carbocycles. The smallest absolute Gasteiger partial charge is 0.274 e. The van der Waals surface area contributed by atoms with E-state index < -0.39 is 0 Å². The van der Waals surface area contributed by atoms with Gasteiger partial charge in [0.05, 0.1) is 0 Å². The van der Waals surface area contributed by atoms with Gasteiger partial charge >= 0.3 is 0 Å². The molecule has 0 saturated carbocycles. The zero-order valence-electron chi connectivity index (χ0n) is 15.9. The SMILES string of the molecule is Cc1cc(C(=O)N2CCN(C)CC2)nn1CC(=O)N1CCc2ccccc21. The third-order valence-electron chi connectivity index (χ3n) is 5.46. The molecule has 142 valence electrons. The Labute approximate surface area is 159 Å². The van der Waals surface area contributed by atoms with Gasteiger partial charge in [-0.05, 0) is 38.1 Å². The molecule has 3 heterocycles. The van der Waals surface area contributed by atoms with Crippen LogP contribution < -0.4 is 4.90 Å². The van der Waals surface area contributed by atoms with Gasteiger partial charge in [0.25, 0.3) is 5.91 Å². The van der Waals surface area contributed by atoms with E-state index >= 15 is 0 Å². The monoisotopic (exact) mass is 367 g/mol. The lowest BCUT2D eigenvalue weighted by molar-refractivity contribution is -0.119. The number of amides is 2. The van der Waals surface area contributed by atoms with E-state index in [1.165, 1.54) is 5.56 Å². The Hall–Kier alpha value is -2.67. The molecular formula is C20H25N5O2. The number of likely N-dealkylation sites (N-methyl/N-ethyl adjacent to an activating group) is 1. The standard InChI is InChI=1S/C20H25N5O2/c1-15-13-17(20(27)23-11-9-22(2)10-12-23)21-25(15)14-19(26)24-8-7-16-5-3-4-6-18(16)24/h3-6,13H,7-12,14H2,1-2H3. The maximum atomic E-state index is 12.8. The summed E-state index contributed by atoms with van der Waals surface area (Å²) >= 11 is 0. The van der Waals surface area contributed by atoms with Gasteiger partial charge < -0.3 is 14.7 Å². The Morgan fingerprint density at radius 1 is 1.07 bits per heavy atom. The molecule has 2 aliphatic rings. The number of hydrogen-bond acceptors (Lipinski definition) is 4. The van der Waals surface area contributed by atoms with Crippen LogP contribution in [0.25, 0.3) is 0 Å². The number of fused-ring (bicyclic) bond motifs is 1. The van der Waals surface area contributed by atoms with Crippen molar-refractivity contribution in [3.05, 3.63) is 47.3 Å². The number of carbonyl (C=O) groups excluding carboxylic acids is 2. The molecule has 2 amide bonds. The molecule has 7 nitrogen and oxygen atoms in total. The van der Waals surface area contributed by atoms with Crippen LogP contribution in [0.5, 0.6) is 0 Å². The number of anilines is 1. The summed E-state index contributed by atoms with van der Waals surface area (Å²) in [5.74, 6) is -0.0475. The fourth-order valence-corrected chi connectivity index (χ4v) is 3.76. The van der Waals surface area contributed by atoms with Gasteiger partial charge in [-0.15, -0.1) is 0 Å². The van der Waals surface area contributed by atoms with Crippen LogP contribution in [0.3, 0.4) is 0 Å². The molecule has 0 unspecified atom stereocenters. The van der Waals surface area contributed by atoms with Crippen LogP contribution in [0, 0.1) is 6.92 Å². The zero-order valence-corrected chi connectivity index (χ0v) is 15.9. The fourth-order valence-electron chi connectivity index (χ4n) is 3.76. The van der Waals surface area contributed by atoms with Gasteiger partial charge in [0.15, 0.2) is 5.69 Å². The van der Waals surface area contributed by atoms with E-state index in [-0.39, 0.29) is 18.4 Å². The lowest BCUT2D eigenvalue weighted by atomic mass is 10.2. The molecule has 0 spiro atoms. The van der Waals surface area contributed by atoms with Gasteiger partial charge in [-0.1, -0.05) is 18.2 Å². The highest BCUT2D eigenvalue weighted by Gasteiger charge is 2.26. The van der Waals surface area contributed by atoms with E-state index in [1.54, 1.807) is 10.7 Å². The Morgan fingerprint density at radius 3 is 2.59 bits per heavy atom. The van der Waals surface area contributed by atoms with Crippen molar-refractivity contribution >= 4 is 17.5 Å². The summed E-state index contributed by atoms with van der Waals surface area (Å²) in [4.78, 5) is 31.4. The molecule has 0 bridgehead atoms. The van der Waals surface area contributed by atoms with Crippen LogP contribution in [-0.4, -0.2) is 71.2 Å². The molecule has 0 N–H and O–H groups in total. The average molecular weight is 367 g/mol. The number of rotatable bonds is 3. The van der Waals surface area contributed by atoms with E-state index in [0.717, 1.165) is 30.9 Å². The van der Waals surface area contributed by atoms with E-state index in [9.17, 15) is 9.59 Å². The number of aromatic nitrogens is 2. The lowest BCUT2D eigenvalue weighted by Crippen LogP contribution is -2.47. The average Bonchev–Trinajstić information content (AvgIpc) is 3.26.